The fourth-order valence-corrected chi connectivity index (χ4v) is 1.81. The summed E-state index contributed by atoms with van der Waals surface area (Å²) in [4.78, 5) is 4.68. The highest BCUT2D eigenvalue weighted by molar-refractivity contribution is 6.00. The third-order valence-corrected chi connectivity index (χ3v) is 2.75. The van der Waals surface area contributed by atoms with Crippen LogP contribution >= 0.6 is 0 Å². The molecule has 92 valence electrons. The molecule has 5 nitrogen and oxygen atoms in total. The van der Waals surface area contributed by atoms with Gasteiger partial charge in [0.1, 0.15) is 7.11 Å². The maximum atomic E-state index is 9.57. The summed E-state index contributed by atoms with van der Waals surface area (Å²) >= 11 is 0. The van der Waals surface area contributed by atoms with Crippen LogP contribution in [0.25, 0.3) is 0 Å². The molecule has 0 radical (unpaired) electrons. The summed E-state index contributed by atoms with van der Waals surface area (Å²) in [6.45, 7) is 1.96. The van der Waals surface area contributed by atoms with E-state index >= 15 is 0 Å². The molecule has 0 saturated carbocycles. The fourth-order valence-electron chi connectivity index (χ4n) is 1.81. The second kappa shape index (κ2) is 5.98. The van der Waals surface area contributed by atoms with Crippen LogP contribution in [0.2, 0.25) is 0 Å². The van der Waals surface area contributed by atoms with E-state index in [9.17, 15) is 5.11 Å². The first kappa shape index (κ1) is 13.2. The van der Waals surface area contributed by atoms with Crippen LogP contribution in [0.3, 0.4) is 0 Å². The van der Waals surface area contributed by atoms with Crippen molar-refractivity contribution in [2.45, 2.75) is 38.6 Å². The molecule has 0 saturated heterocycles. The van der Waals surface area contributed by atoms with Gasteiger partial charge in [-0.15, -0.1) is 0 Å². The zero-order valence-corrected chi connectivity index (χ0v) is 9.63. The SMILES string of the molecule is CO/N=C(/CC(O)O)C1=CCC(O)C(C)C1. The highest BCUT2D eigenvalue weighted by atomic mass is 16.6. The predicted octanol–water partition coefficient (Wildman–Crippen LogP) is 0.407. The van der Waals surface area contributed by atoms with Crippen LogP contribution in [-0.2, 0) is 4.84 Å². The van der Waals surface area contributed by atoms with Crippen molar-refractivity contribution in [2.75, 3.05) is 7.11 Å². The zero-order valence-electron chi connectivity index (χ0n) is 9.63. The minimum absolute atomic E-state index is 0.0441. The third kappa shape index (κ3) is 3.59. The number of hydrogen-bond donors (Lipinski definition) is 3. The Kier molecular flexibility index (Phi) is 4.92. The van der Waals surface area contributed by atoms with Gasteiger partial charge in [0.25, 0.3) is 0 Å². The lowest BCUT2D eigenvalue weighted by Crippen LogP contribution is -2.25. The van der Waals surface area contributed by atoms with Crippen molar-refractivity contribution < 1.29 is 20.2 Å². The molecule has 5 heteroatoms. The van der Waals surface area contributed by atoms with E-state index in [1.165, 1.54) is 7.11 Å². The molecule has 3 N–H and O–H groups in total. The van der Waals surface area contributed by atoms with E-state index in [0.717, 1.165) is 5.57 Å². The zero-order chi connectivity index (χ0) is 12.1. The lowest BCUT2D eigenvalue weighted by molar-refractivity contribution is -0.0331. The van der Waals surface area contributed by atoms with E-state index in [-0.39, 0.29) is 18.4 Å². The predicted molar refractivity (Wildman–Crippen MR) is 59.8 cm³/mol. The fraction of sp³-hybridized carbons (Fsp3) is 0.727. The topological polar surface area (TPSA) is 82.3 Å². The number of rotatable bonds is 4. The van der Waals surface area contributed by atoms with Crippen LogP contribution in [0.1, 0.15) is 26.2 Å². The van der Waals surface area contributed by atoms with E-state index in [0.29, 0.717) is 18.6 Å². The monoisotopic (exact) mass is 229 g/mol. The van der Waals surface area contributed by atoms with Gasteiger partial charge in [-0.2, -0.15) is 0 Å². The molecule has 0 aromatic heterocycles. The van der Waals surface area contributed by atoms with Crippen LogP contribution in [0.4, 0.5) is 0 Å². The summed E-state index contributed by atoms with van der Waals surface area (Å²) in [6.07, 6.45) is 1.41. The maximum Gasteiger partial charge on any atom is 0.157 e. The maximum absolute atomic E-state index is 9.57. The van der Waals surface area contributed by atoms with Gasteiger partial charge in [-0.3, -0.25) is 0 Å². The van der Waals surface area contributed by atoms with Gasteiger partial charge in [0.15, 0.2) is 6.29 Å². The molecule has 2 atom stereocenters. The third-order valence-electron chi connectivity index (χ3n) is 2.75. The van der Waals surface area contributed by atoms with E-state index in [4.69, 9.17) is 10.2 Å². The van der Waals surface area contributed by atoms with Gasteiger partial charge in [-0.05, 0) is 24.3 Å². The summed E-state index contributed by atoms with van der Waals surface area (Å²) in [7, 11) is 1.42. The second-order valence-corrected chi connectivity index (χ2v) is 4.12. The molecule has 1 aliphatic rings. The Balaban J connectivity index is 2.76. The van der Waals surface area contributed by atoms with Crippen LogP contribution in [0.5, 0.6) is 0 Å². The Morgan fingerprint density at radius 3 is 2.81 bits per heavy atom. The second-order valence-electron chi connectivity index (χ2n) is 4.12. The number of oxime groups is 1. The highest BCUT2D eigenvalue weighted by Gasteiger charge is 2.23. The van der Waals surface area contributed by atoms with E-state index in [2.05, 4.69) is 9.99 Å². The Morgan fingerprint density at radius 2 is 2.31 bits per heavy atom. The van der Waals surface area contributed by atoms with Crippen LogP contribution in [-0.4, -0.2) is 40.5 Å². The summed E-state index contributed by atoms with van der Waals surface area (Å²) in [6, 6.07) is 0. The molecule has 1 aliphatic carbocycles. The molecule has 2 unspecified atom stereocenters. The van der Waals surface area contributed by atoms with Crippen molar-refractivity contribution in [3.63, 3.8) is 0 Å². The summed E-state index contributed by atoms with van der Waals surface area (Å²) in [5.41, 5.74) is 1.46. The first-order chi connectivity index (χ1) is 7.54. The Hall–Kier alpha value is -0.910. The van der Waals surface area contributed by atoms with Crippen molar-refractivity contribution in [3.05, 3.63) is 11.6 Å². The molecule has 0 bridgehead atoms. The highest BCUT2D eigenvalue weighted by Crippen LogP contribution is 2.26. The summed E-state index contributed by atoms with van der Waals surface area (Å²) < 4.78 is 0. The molecule has 16 heavy (non-hydrogen) atoms. The van der Waals surface area contributed by atoms with Gasteiger partial charge in [-0.1, -0.05) is 18.2 Å². The normalized spacial score (nSPS) is 26.9. The first-order valence-electron chi connectivity index (χ1n) is 5.38. The lowest BCUT2D eigenvalue weighted by atomic mass is 9.85. The Bertz CT molecular complexity index is 286. The summed E-state index contributed by atoms with van der Waals surface area (Å²) in [5.74, 6) is 0.151. The molecule has 1 rings (SSSR count). The van der Waals surface area contributed by atoms with Crippen molar-refractivity contribution in [1.29, 1.82) is 0 Å². The van der Waals surface area contributed by atoms with Gasteiger partial charge >= 0.3 is 0 Å². The average Bonchev–Trinajstić information content (AvgIpc) is 2.21. The molecular formula is C11H19NO4. The molecule has 0 spiro atoms. The number of aliphatic hydroxyl groups is 3. The number of aliphatic hydroxyl groups excluding tert-OH is 2. The molecular weight excluding hydrogens is 210 g/mol. The van der Waals surface area contributed by atoms with Gasteiger partial charge in [0, 0.05) is 6.42 Å². The smallest absolute Gasteiger partial charge is 0.157 e. The van der Waals surface area contributed by atoms with Gasteiger partial charge in [0.05, 0.1) is 11.8 Å². The van der Waals surface area contributed by atoms with Crippen LogP contribution < -0.4 is 0 Å². The van der Waals surface area contributed by atoms with Crippen LogP contribution in [0, 0.1) is 5.92 Å². The number of nitrogens with zero attached hydrogens (tertiary/aromatic N) is 1. The molecule has 0 aromatic carbocycles. The lowest BCUT2D eigenvalue weighted by Gasteiger charge is -2.25. The quantitative estimate of drug-likeness (QED) is 0.370. The largest absolute Gasteiger partial charge is 0.399 e. The minimum atomic E-state index is -1.43. The summed E-state index contributed by atoms with van der Waals surface area (Å²) in [5, 5.41) is 31.2. The van der Waals surface area contributed by atoms with Gasteiger partial charge < -0.3 is 20.2 Å². The average molecular weight is 229 g/mol. The van der Waals surface area contributed by atoms with Gasteiger partial charge in [0.2, 0.25) is 0 Å². The first-order valence-corrected chi connectivity index (χ1v) is 5.38. The molecule has 0 heterocycles. The standard InChI is InChI=1S/C11H19NO4/c1-7-5-8(3-4-10(7)13)9(12-16-2)6-11(14)15/h3,7,10-11,13-15H,4-6H2,1-2H3/b12-9-. The Morgan fingerprint density at radius 1 is 1.62 bits per heavy atom. The molecule has 0 aromatic rings. The molecule has 0 amide bonds. The van der Waals surface area contributed by atoms with Crippen LogP contribution in [0.15, 0.2) is 16.8 Å². The van der Waals surface area contributed by atoms with Crippen molar-refractivity contribution in [2.24, 2.45) is 11.1 Å². The Labute approximate surface area is 95.0 Å². The molecule has 0 aliphatic heterocycles. The van der Waals surface area contributed by atoms with Gasteiger partial charge in [-0.25, -0.2) is 0 Å². The van der Waals surface area contributed by atoms with Crippen molar-refractivity contribution in [1.82, 2.24) is 0 Å². The van der Waals surface area contributed by atoms with E-state index in [1.54, 1.807) is 0 Å². The molecule has 0 fully saturated rings. The van der Waals surface area contributed by atoms with Crippen molar-refractivity contribution >= 4 is 5.71 Å². The van der Waals surface area contributed by atoms with E-state index < -0.39 is 6.29 Å². The number of hydrogen-bond acceptors (Lipinski definition) is 5. The van der Waals surface area contributed by atoms with Crippen molar-refractivity contribution in [3.8, 4) is 0 Å². The minimum Gasteiger partial charge on any atom is -0.399 e. The van der Waals surface area contributed by atoms with E-state index in [1.807, 2.05) is 13.0 Å². The number of allylic oxidation sites excluding steroid dienone is 1.